The van der Waals surface area contributed by atoms with Gasteiger partial charge in [-0.25, -0.2) is 0 Å². The summed E-state index contributed by atoms with van der Waals surface area (Å²) in [7, 11) is 0. The number of aromatic nitrogens is 1. The predicted octanol–water partition coefficient (Wildman–Crippen LogP) is 4.00. The van der Waals surface area contributed by atoms with Gasteiger partial charge < -0.3 is 0 Å². The Morgan fingerprint density at radius 3 is 2.84 bits per heavy atom. The molecule has 1 aliphatic carbocycles. The lowest BCUT2D eigenvalue weighted by atomic mass is 9.86. The van der Waals surface area contributed by atoms with Crippen LogP contribution in [0, 0.1) is 18.3 Å². The van der Waals surface area contributed by atoms with E-state index in [2.05, 4.69) is 37.3 Å². The lowest BCUT2D eigenvalue weighted by Gasteiger charge is -2.20. The van der Waals surface area contributed by atoms with Crippen molar-refractivity contribution in [3.63, 3.8) is 0 Å². The van der Waals surface area contributed by atoms with E-state index in [0.29, 0.717) is 0 Å². The van der Waals surface area contributed by atoms with E-state index in [-0.39, 0.29) is 5.92 Å². The molecule has 0 radical (unpaired) electrons. The maximum absolute atomic E-state index is 9.19. The van der Waals surface area contributed by atoms with Crippen LogP contribution in [-0.2, 0) is 6.42 Å². The van der Waals surface area contributed by atoms with Crippen LogP contribution >= 0.6 is 0 Å². The number of nitrogens with zero attached hydrogens (tertiary/aromatic N) is 2. The summed E-state index contributed by atoms with van der Waals surface area (Å²) in [4.78, 5) is 4.79. The van der Waals surface area contributed by atoms with E-state index in [0.717, 1.165) is 36.2 Å². The molecular weight excluding hydrogens is 232 g/mol. The summed E-state index contributed by atoms with van der Waals surface area (Å²) in [6.45, 7) is 2.11. The second-order valence-electron chi connectivity index (χ2n) is 5.12. The third kappa shape index (κ3) is 2.13. The zero-order valence-corrected chi connectivity index (χ0v) is 11.1. The van der Waals surface area contributed by atoms with Crippen LogP contribution in [0.4, 0.5) is 0 Å². The average Bonchev–Trinajstić information content (AvgIpc) is 2.46. The molecule has 0 saturated heterocycles. The summed E-state index contributed by atoms with van der Waals surface area (Å²) in [6, 6.07) is 14.8. The average molecular weight is 248 g/mol. The van der Waals surface area contributed by atoms with Crippen molar-refractivity contribution >= 4 is 0 Å². The zero-order chi connectivity index (χ0) is 13.2. The molecule has 0 fully saturated rings. The molecule has 1 aliphatic rings. The first kappa shape index (κ1) is 11.9. The lowest BCUT2D eigenvalue weighted by molar-refractivity contribution is 0.623. The van der Waals surface area contributed by atoms with E-state index in [1.807, 2.05) is 12.1 Å². The highest BCUT2D eigenvalue weighted by Crippen LogP contribution is 2.32. The molecule has 2 nitrogen and oxygen atoms in total. The summed E-state index contributed by atoms with van der Waals surface area (Å²) in [5.41, 5.74) is 5.69. The first-order valence-corrected chi connectivity index (χ1v) is 6.75. The van der Waals surface area contributed by atoms with E-state index in [9.17, 15) is 5.26 Å². The second kappa shape index (κ2) is 4.85. The van der Waals surface area contributed by atoms with Gasteiger partial charge in [0.05, 0.1) is 17.7 Å². The Labute approximate surface area is 113 Å². The number of hydrogen-bond acceptors (Lipinski definition) is 2. The fraction of sp³-hybridized carbons (Fsp3) is 0.294. The molecule has 1 aromatic carbocycles. The van der Waals surface area contributed by atoms with Crippen molar-refractivity contribution in [2.45, 2.75) is 32.1 Å². The Morgan fingerprint density at radius 2 is 2.05 bits per heavy atom. The monoisotopic (exact) mass is 248 g/mol. The van der Waals surface area contributed by atoms with Gasteiger partial charge in [-0.15, -0.1) is 0 Å². The van der Waals surface area contributed by atoms with Crippen LogP contribution in [0.2, 0.25) is 0 Å². The van der Waals surface area contributed by atoms with Gasteiger partial charge in [0, 0.05) is 11.3 Å². The number of fused-ring (bicyclic) bond motifs is 1. The third-order valence-corrected chi connectivity index (χ3v) is 3.87. The molecule has 1 unspecified atom stereocenters. The van der Waals surface area contributed by atoms with Crippen LogP contribution in [0.3, 0.4) is 0 Å². The largest absolute Gasteiger partial charge is 0.252 e. The maximum Gasteiger partial charge on any atom is 0.0730 e. The lowest BCUT2D eigenvalue weighted by Crippen LogP contribution is -2.10. The Bertz CT molecular complexity index is 653. The highest BCUT2D eigenvalue weighted by molar-refractivity contribution is 5.64. The maximum atomic E-state index is 9.19. The first-order chi connectivity index (χ1) is 9.29. The van der Waals surface area contributed by atoms with Gasteiger partial charge in [-0.05, 0) is 43.4 Å². The zero-order valence-electron chi connectivity index (χ0n) is 11.1. The second-order valence-corrected chi connectivity index (χ2v) is 5.12. The molecule has 2 heteroatoms. The van der Waals surface area contributed by atoms with Crippen LogP contribution in [-0.4, -0.2) is 4.98 Å². The van der Waals surface area contributed by atoms with Gasteiger partial charge in [-0.1, -0.05) is 30.3 Å². The Morgan fingerprint density at radius 1 is 1.21 bits per heavy atom. The van der Waals surface area contributed by atoms with Crippen molar-refractivity contribution in [1.29, 1.82) is 5.26 Å². The fourth-order valence-electron chi connectivity index (χ4n) is 2.80. The molecule has 0 aliphatic heterocycles. The topological polar surface area (TPSA) is 36.7 Å². The van der Waals surface area contributed by atoms with Crippen molar-refractivity contribution in [3.05, 3.63) is 53.2 Å². The highest BCUT2D eigenvalue weighted by Gasteiger charge is 2.21. The van der Waals surface area contributed by atoms with E-state index in [4.69, 9.17) is 4.98 Å². The van der Waals surface area contributed by atoms with Crippen molar-refractivity contribution in [3.8, 4) is 17.3 Å². The van der Waals surface area contributed by atoms with E-state index >= 15 is 0 Å². The van der Waals surface area contributed by atoms with Crippen LogP contribution in [0.15, 0.2) is 36.4 Å². The molecular formula is C17H16N2. The fourth-order valence-corrected chi connectivity index (χ4v) is 2.80. The summed E-state index contributed by atoms with van der Waals surface area (Å²) >= 11 is 0. The predicted molar refractivity (Wildman–Crippen MR) is 75.7 cm³/mol. The van der Waals surface area contributed by atoms with Gasteiger partial charge in [0.1, 0.15) is 0 Å². The SMILES string of the molecule is Cc1ccccc1-c1ccc2c(n1)CCCC2C#N. The Hall–Kier alpha value is -2.14. The molecule has 1 heterocycles. The van der Waals surface area contributed by atoms with E-state index < -0.39 is 0 Å². The highest BCUT2D eigenvalue weighted by atomic mass is 14.7. The standard InChI is InChI=1S/C17H16N2/c1-12-5-2-3-7-14(12)17-10-9-15-13(11-18)6-4-8-16(15)19-17/h2-3,5,7,9-10,13H,4,6,8H2,1H3. The van der Waals surface area contributed by atoms with Gasteiger partial charge in [0.15, 0.2) is 0 Å². The van der Waals surface area contributed by atoms with E-state index in [1.54, 1.807) is 0 Å². The quantitative estimate of drug-likeness (QED) is 0.764. The number of hydrogen-bond donors (Lipinski definition) is 0. The molecule has 1 atom stereocenters. The Balaban J connectivity index is 2.08. The van der Waals surface area contributed by atoms with Crippen LogP contribution in [0.1, 0.15) is 35.6 Å². The molecule has 0 amide bonds. The number of aryl methyl sites for hydroxylation is 2. The third-order valence-electron chi connectivity index (χ3n) is 3.87. The van der Waals surface area contributed by atoms with Gasteiger partial charge in [-0.2, -0.15) is 5.26 Å². The minimum atomic E-state index is 0.0298. The summed E-state index contributed by atoms with van der Waals surface area (Å²) in [5.74, 6) is 0.0298. The molecule has 0 bridgehead atoms. The number of nitriles is 1. The molecule has 3 rings (SSSR count). The Kier molecular flexibility index (Phi) is 3.05. The van der Waals surface area contributed by atoms with Crippen LogP contribution < -0.4 is 0 Å². The van der Waals surface area contributed by atoms with Crippen LogP contribution in [0.25, 0.3) is 11.3 Å². The summed E-state index contributed by atoms with van der Waals surface area (Å²) in [5, 5.41) is 9.19. The van der Waals surface area contributed by atoms with Gasteiger partial charge >= 0.3 is 0 Å². The molecule has 19 heavy (non-hydrogen) atoms. The smallest absolute Gasteiger partial charge is 0.0730 e. The van der Waals surface area contributed by atoms with E-state index in [1.165, 1.54) is 11.1 Å². The van der Waals surface area contributed by atoms with Crippen LogP contribution in [0.5, 0.6) is 0 Å². The molecule has 0 saturated carbocycles. The summed E-state index contributed by atoms with van der Waals surface area (Å²) in [6.07, 6.45) is 3.03. The first-order valence-electron chi connectivity index (χ1n) is 6.75. The summed E-state index contributed by atoms with van der Waals surface area (Å²) < 4.78 is 0. The number of benzene rings is 1. The van der Waals surface area contributed by atoms with Gasteiger partial charge in [0.2, 0.25) is 0 Å². The van der Waals surface area contributed by atoms with Gasteiger partial charge in [0.25, 0.3) is 0 Å². The van der Waals surface area contributed by atoms with Crippen molar-refractivity contribution in [2.75, 3.05) is 0 Å². The van der Waals surface area contributed by atoms with Crippen molar-refractivity contribution in [2.24, 2.45) is 0 Å². The minimum absolute atomic E-state index is 0.0298. The molecule has 0 spiro atoms. The normalized spacial score (nSPS) is 17.6. The molecule has 0 N–H and O–H groups in total. The minimum Gasteiger partial charge on any atom is -0.252 e. The molecule has 94 valence electrons. The molecule has 1 aromatic heterocycles. The van der Waals surface area contributed by atoms with Crippen molar-refractivity contribution in [1.82, 2.24) is 4.98 Å². The van der Waals surface area contributed by atoms with Gasteiger partial charge in [-0.3, -0.25) is 4.98 Å². The number of rotatable bonds is 1. The number of pyridine rings is 1. The van der Waals surface area contributed by atoms with Crippen molar-refractivity contribution < 1.29 is 0 Å². The molecule has 2 aromatic rings.